The SMILES string of the molecule is Cc1ncc(-c2ccc3c(c2)N(c2cncc(N4CCS(O)(O)CC4)n2)C(=O)C3(C)C)cn1. The third kappa shape index (κ3) is 3.84. The second kappa shape index (κ2) is 7.75. The van der Waals surface area contributed by atoms with Crippen LogP contribution in [0, 0.1) is 6.92 Å². The van der Waals surface area contributed by atoms with Gasteiger partial charge in [-0.05, 0) is 38.0 Å². The van der Waals surface area contributed by atoms with Crippen molar-refractivity contribution in [2.75, 3.05) is 34.4 Å². The zero-order valence-corrected chi connectivity index (χ0v) is 19.6. The maximum absolute atomic E-state index is 13.5. The van der Waals surface area contributed by atoms with Crippen LogP contribution in [-0.2, 0) is 10.2 Å². The van der Waals surface area contributed by atoms with Crippen LogP contribution in [0.4, 0.5) is 17.3 Å². The molecule has 2 aromatic heterocycles. The van der Waals surface area contributed by atoms with Gasteiger partial charge in [0.1, 0.15) is 11.6 Å². The van der Waals surface area contributed by atoms with E-state index in [1.807, 2.05) is 43.9 Å². The molecule has 172 valence electrons. The van der Waals surface area contributed by atoms with Crippen LogP contribution in [0.25, 0.3) is 11.1 Å². The average Bonchev–Trinajstić information content (AvgIpc) is 2.99. The number of rotatable bonds is 3. The third-order valence-electron chi connectivity index (χ3n) is 6.30. The molecule has 1 aromatic carbocycles. The highest BCUT2D eigenvalue weighted by atomic mass is 32.3. The molecule has 1 fully saturated rings. The van der Waals surface area contributed by atoms with Crippen LogP contribution in [0.1, 0.15) is 25.2 Å². The zero-order chi connectivity index (χ0) is 23.4. The van der Waals surface area contributed by atoms with Crippen molar-refractivity contribution in [1.29, 1.82) is 0 Å². The van der Waals surface area contributed by atoms with Crippen molar-refractivity contribution in [3.05, 3.63) is 54.4 Å². The first kappa shape index (κ1) is 21.7. The molecule has 4 heterocycles. The number of amides is 1. The Hall–Kier alpha value is -3.08. The maximum atomic E-state index is 13.5. The van der Waals surface area contributed by atoms with E-state index < -0.39 is 16.0 Å². The molecular weight excluding hydrogens is 440 g/mol. The summed E-state index contributed by atoms with van der Waals surface area (Å²) in [5, 5.41) is 0. The van der Waals surface area contributed by atoms with Gasteiger partial charge in [-0.3, -0.25) is 23.8 Å². The van der Waals surface area contributed by atoms with E-state index in [-0.39, 0.29) is 5.91 Å². The van der Waals surface area contributed by atoms with Gasteiger partial charge in [0, 0.05) is 31.0 Å². The highest BCUT2D eigenvalue weighted by Crippen LogP contribution is 2.46. The highest BCUT2D eigenvalue weighted by Gasteiger charge is 2.45. The number of fused-ring (bicyclic) bond motifs is 1. The summed E-state index contributed by atoms with van der Waals surface area (Å²) in [6.07, 6.45) is 6.79. The van der Waals surface area contributed by atoms with E-state index >= 15 is 0 Å². The molecule has 1 saturated heterocycles. The number of carbonyl (C=O) groups excluding carboxylic acids is 1. The maximum Gasteiger partial charge on any atom is 0.242 e. The van der Waals surface area contributed by atoms with Gasteiger partial charge in [-0.15, -0.1) is 0 Å². The second-order valence-corrected chi connectivity index (χ2v) is 11.4. The Morgan fingerprint density at radius 3 is 2.33 bits per heavy atom. The van der Waals surface area contributed by atoms with Crippen LogP contribution < -0.4 is 9.80 Å². The standard InChI is InChI=1S/C23H26N6O3S/c1-15-25-11-17(12-26-15)16-4-5-18-19(10-16)29(22(30)23(18,2)3)21-14-24-13-20(27-21)28-6-8-33(31,32)9-7-28/h4-5,10-14,31-32H,6-9H2,1-3H3. The first-order valence-corrected chi connectivity index (χ1v) is 12.6. The summed E-state index contributed by atoms with van der Waals surface area (Å²) in [5.41, 5.74) is 2.75. The first-order chi connectivity index (χ1) is 15.7. The Kier molecular flexibility index (Phi) is 5.11. The van der Waals surface area contributed by atoms with Crippen molar-refractivity contribution in [2.24, 2.45) is 0 Å². The predicted molar refractivity (Wildman–Crippen MR) is 129 cm³/mol. The predicted octanol–water partition coefficient (Wildman–Crippen LogP) is 3.77. The zero-order valence-electron chi connectivity index (χ0n) is 18.8. The van der Waals surface area contributed by atoms with Crippen LogP contribution in [0.3, 0.4) is 0 Å². The minimum absolute atomic E-state index is 0.0749. The highest BCUT2D eigenvalue weighted by molar-refractivity contribution is 8.24. The molecule has 0 bridgehead atoms. The number of aryl methyl sites for hydroxylation is 1. The number of aromatic nitrogens is 4. The van der Waals surface area contributed by atoms with Crippen LogP contribution in [0.5, 0.6) is 0 Å². The number of nitrogens with zero attached hydrogens (tertiary/aromatic N) is 6. The minimum Gasteiger partial charge on any atom is -0.352 e. The first-order valence-electron chi connectivity index (χ1n) is 10.7. The van der Waals surface area contributed by atoms with E-state index in [0.29, 0.717) is 42.1 Å². The number of hydrogen-bond acceptors (Lipinski definition) is 8. The van der Waals surface area contributed by atoms with Crippen molar-refractivity contribution in [1.82, 2.24) is 19.9 Å². The van der Waals surface area contributed by atoms with Gasteiger partial charge < -0.3 is 4.90 Å². The Morgan fingerprint density at radius 1 is 0.970 bits per heavy atom. The lowest BCUT2D eigenvalue weighted by atomic mass is 9.85. The van der Waals surface area contributed by atoms with E-state index in [0.717, 1.165) is 22.4 Å². The van der Waals surface area contributed by atoms with Crippen molar-refractivity contribution in [3.8, 4) is 11.1 Å². The molecule has 10 heteroatoms. The molecule has 0 unspecified atom stereocenters. The average molecular weight is 467 g/mol. The molecular formula is C23H26N6O3S. The van der Waals surface area contributed by atoms with E-state index in [2.05, 4.69) is 15.0 Å². The van der Waals surface area contributed by atoms with E-state index in [1.165, 1.54) is 0 Å². The summed E-state index contributed by atoms with van der Waals surface area (Å²) in [5.74, 6) is 2.29. The van der Waals surface area contributed by atoms with E-state index in [9.17, 15) is 13.9 Å². The van der Waals surface area contributed by atoms with Gasteiger partial charge >= 0.3 is 0 Å². The fourth-order valence-corrected chi connectivity index (χ4v) is 5.49. The number of hydrogen-bond donors (Lipinski definition) is 2. The van der Waals surface area contributed by atoms with Crippen LogP contribution in [0.15, 0.2) is 43.0 Å². The van der Waals surface area contributed by atoms with Crippen molar-refractivity contribution in [2.45, 2.75) is 26.2 Å². The third-order valence-corrected chi connectivity index (χ3v) is 7.98. The molecule has 2 aliphatic rings. The topological polar surface area (TPSA) is 116 Å². The summed E-state index contributed by atoms with van der Waals surface area (Å²) in [6.45, 7) is 6.62. The van der Waals surface area contributed by atoms with Gasteiger partial charge in [0.15, 0.2) is 5.82 Å². The molecule has 5 rings (SSSR count). The lowest BCUT2D eigenvalue weighted by Gasteiger charge is -2.41. The monoisotopic (exact) mass is 466 g/mol. The Bertz CT molecular complexity index is 1220. The van der Waals surface area contributed by atoms with Crippen LogP contribution in [0.2, 0.25) is 0 Å². The van der Waals surface area contributed by atoms with Crippen molar-refractivity contribution >= 4 is 33.8 Å². The van der Waals surface area contributed by atoms with Gasteiger partial charge in [0.05, 0.1) is 35.0 Å². The normalized spacial score (nSPS) is 20.0. The van der Waals surface area contributed by atoms with Gasteiger partial charge in [-0.2, -0.15) is 10.6 Å². The molecule has 0 aliphatic carbocycles. The molecule has 0 spiro atoms. The number of carbonyl (C=O) groups is 1. The smallest absolute Gasteiger partial charge is 0.242 e. The second-order valence-electron chi connectivity index (χ2n) is 8.95. The number of anilines is 3. The summed E-state index contributed by atoms with van der Waals surface area (Å²) < 4.78 is 19.8. The summed E-state index contributed by atoms with van der Waals surface area (Å²) in [6, 6.07) is 5.94. The largest absolute Gasteiger partial charge is 0.352 e. The van der Waals surface area contributed by atoms with Gasteiger partial charge in [0.2, 0.25) is 5.91 Å². The summed E-state index contributed by atoms with van der Waals surface area (Å²) in [7, 11) is -2.51. The fraction of sp³-hybridized carbons (Fsp3) is 0.348. The fourth-order valence-electron chi connectivity index (χ4n) is 4.26. The van der Waals surface area contributed by atoms with Crippen LogP contribution in [-0.4, -0.2) is 59.5 Å². The van der Waals surface area contributed by atoms with Gasteiger partial charge in [0.25, 0.3) is 0 Å². The minimum atomic E-state index is -2.51. The quantitative estimate of drug-likeness (QED) is 0.599. The molecule has 0 saturated carbocycles. The molecule has 0 radical (unpaired) electrons. The molecule has 9 nitrogen and oxygen atoms in total. The number of benzene rings is 1. The molecule has 1 amide bonds. The van der Waals surface area contributed by atoms with Crippen molar-refractivity contribution in [3.63, 3.8) is 0 Å². The van der Waals surface area contributed by atoms with E-state index in [1.54, 1.807) is 29.7 Å². The van der Waals surface area contributed by atoms with Gasteiger partial charge in [-0.25, -0.2) is 15.0 Å². The van der Waals surface area contributed by atoms with Crippen molar-refractivity contribution < 1.29 is 13.9 Å². The molecule has 2 aliphatic heterocycles. The summed E-state index contributed by atoms with van der Waals surface area (Å²) in [4.78, 5) is 34.8. The Labute approximate surface area is 193 Å². The molecule has 3 aromatic rings. The summed E-state index contributed by atoms with van der Waals surface area (Å²) >= 11 is 0. The Balaban J connectivity index is 1.54. The lowest BCUT2D eigenvalue weighted by Crippen LogP contribution is -2.39. The van der Waals surface area contributed by atoms with Crippen LogP contribution >= 0.6 is 10.6 Å². The lowest BCUT2D eigenvalue weighted by molar-refractivity contribution is -0.121. The van der Waals surface area contributed by atoms with E-state index in [4.69, 9.17) is 4.98 Å². The molecule has 33 heavy (non-hydrogen) atoms. The molecule has 0 atom stereocenters. The molecule has 2 N–H and O–H groups in total. The van der Waals surface area contributed by atoms with Gasteiger partial charge in [-0.1, -0.05) is 12.1 Å². The Morgan fingerprint density at radius 2 is 1.64 bits per heavy atom.